The zero-order valence-electron chi connectivity index (χ0n) is 18.6. The minimum Gasteiger partial charge on any atom is -0.497 e. The van der Waals surface area contributed by atoms with Crippen LogP contribution in [0.1, 0.15) is 37.0 Å². The number of nitrogens with one attached hydrogen (secondary N) is 1. The van der Waals surface area contributed by atoms with Crippen LogP contribution in [0.3, 0.4) is 0 Å². The normalized spacial score (nSPS) is 21.7. The number of ether oxygens (including phenoxy) is 1. The number of aromatic nitrogens is 2. The third kappa shape index (κ3) is 4.94. The van der Waals surface area contributed by atoms with Gasteiger partial charge in [0.05, 0.1) is 26.0 Å². The Bertz CT molecular complexity index is 1080. The van der Waals surface area contributed by atoms with Crippen molar-refractivity contribution in [3.8, 4) is 5.75 Å². The summed E-state index contributed by atoms with van der Waals surface area (Å²) >= 11 is 0. The lowest BCUT2D eigenvalue weighted by molar-refractivity contribution is -0.117. The Morgan fingerprint density at radius 3 is 2.72 bits per heavy atom. The van der Waals surface area contributed by atoms with Gasteiger partial charge in [-0.1, -0.05) is 11.2 Å². The molecule has 2 aliphatic rings. The van der Waals surface area contributed by atoms with Crippen LogP contribution in [0.15, 0.2) is 28.8 Å². The second kappa shape index (κ2) is 8.80. The van der Waals surface area contributed by atoms with Gasteiger partial charge in [-0.3, -0.25) is 9.69 Å². The number of anilines is 1. The first-order valence-corrected chi connectivity index (χ1v) is 12.5. The van der Waals surface area contributed by atoms with Crippen LogP contribution in [0.5, 0.6) is 5.75 Å². The highest BCUT2D eigenvalue weighted by atomic mass is 32.2. The van der Waals surface area contributed by atoms with E-state index in [1.807, 2.05) is 18.2 Å². The first kappa shape index (κ1) is 22.7. The number of carbonyl (C=O) groups is 1. The quantitative estimate of drug-likeness (QED) is 0.689. The highest BCUT2D eigenvalue weighted by molar-refractivity contribution is 7.88. The van der Waals surface area contributed by atoms with Crippen molar-refractivity contribution >= 4 is 21.6 Å². The molecule has 2 fully saturated rings. The zero-order valence-corrected chi connectivity index (χ0v) is 19.4. The second-order valence-electron chi connectivity index (χ2n) is 8.75. The average Bonchev–Trinajstić information content (AvgIpc) is 3.31. The standard InChI is InChI=1S/C21H29N5O5S/c1-15-22-20(31-24-15)18-12-21(7-9-26(10-8-21)32(3,28)29)14-25(18)13-19(27)23-16-5-4-6-17(11-16)30-2/h4-6,11,18H,7-10,12-14H2,1-3H3,(H,23,27). The molecule has 10 nitrogen and oxygen atoms in total. The van der Waals surface area contributed by atoms with E-state index in [2.05, 4.69) is 20.4 Å². The van der Waals surface area contributed by atoms with E-state index in [1.54, 1.807) is 20.1 Å². The number of hydrogen-bond donors (Lipinski definition) is 1. The molecule has 1 amide bonds. The Labute approximate surface area is 188 Å². The van der Waals surface area contributed by atoms with Gasteiger partial charge in [-0.15, -0.1) is 0 Å². The lowest BCUT2D eigenvalue weighted by Crippen LogP contribution is -2.44. The number of piperidine rings is 1. The number of carbonyl (C=O) groups excluding carboxylic acids is 1. The van der Waals surface area contributed by atoms with Gasteiger partial charge in [0.2, 0.25) is 21.8 Å². The van der Waals surface area contributed by atoms with E-state index in [4.69, 9.17) is 9.26 Å². The molecule has 0 radical (unpaired) electrons. The highest BCUT2D eigenvalue weighted by Crippen LogP contribution is 2.48. The van der Waals surface area contributed by atoms with Crippen LogP contribution < -0.4 is 10.1 Å². The van der Waals surface area contributed by atoms with Crippen LogP contribution in [0.25, 0.3) is 0 Å². The molecule has 0 saturated carbocycles. The molecule has 32 heavy (non-hydrogen) atoms. The molecule has 0 bridgehead atoms. The topological polar surface area (TPSA) is 118 Å². The van der Waals surface area contributed by atoms with Crippen molar-refractivity contribution in [2.24, 2.45) is 5.41 Å². The summed E-state index contributed by atoms with van der Waals surface area (Å²) in [5, 5.41) is 6.85. The fourth-order valence-corrected chi connectivity index (χ4v) is 5.59. The molecule has 3 heterocycles. The molecule has 1 aromatic heterocycles. The third-order valence-corrected chi connectivity index (χ3v) is 7.69. The number of nitrogens with zero attached hydrogens (tertiary/aromatic N) is 4. The van der Waals surface area contributed by atoms with E-state index < -0.39 is 10.0 Å². The van der Waals surface area contributed by atoms with E-state index in [9.17, 15) is 13.2 Å². The van der Waals surface area contributed by atoms with Gasteiger partial charge in [-0.25, -0.2) is 12.7 Å². The molecular formula is C21H29N5O5S. The summed E-state index contributed by atoms with van der Waals surface area (Å²) < 4.78 is 36.1. The summed E-state index contributed by atoms with van der Waals surface area (Å²) in [6.07, 6.45) is 3.47. The summed E-state index contributed by atoms with van der Waals surface area (Å²) in [6, 6.07) is 7.03. The van der Waals surface area contributed by atoms with E-state index in [1.165, 1.54) is 10.6 Å². The summed E-state index contributed by atoms with van der Waals surface area (Å²) in [6.45, 7) is 3.57. The summed E-state index contributed by atoms with van der Waals surface area (Å²) in [5.41, 5.74) is 0.569. The summed E-state index contributed by atoms with van der Waals surface area (Å²) in [7, 11) is -1.62. The van der Waals surface area contributed by atoms with Gasteiger partial charge < -0.3 is 14.6 Å². The van der Waals surface area contributed by atoms with Gasteiger partial charge in [0.1, 0.15) is 5.75 Å². The second-order valence-corrected chi connectivity index (χ2v) is 10.7. The molecule has 11 heteroatoms. The molecule has 1 atom stereocenters. The van der Waals surface area contributed by atoms with Crippen molar-refractivity contribution < 1.29 is 22.5 Å². The van der Waals surface area contributed by atoms with E-state index in [-0.39, 0.29) is 23.9 Å². The lowest BCUT2D eigenvalue weighted by atomic mass is 9.77. The van der Waals surface area contributed by atoms with Gasteiger partial charge in [-0.05, 0) is 43.7 Å². The number of likely N-dealkylation sites (tertiary alicyclic amines) is 1. The molecule has 1 spiro atoms. The molecule has 2 aromatic rings. The van der Waals surface area contributed by atoms with Gasteiger partial charge in [0.25, 0.3) is 0 Å². The van der Waals surface area contributed by atoms with Gasteiger partial charge in [0.15, 0.2) is 5.82 Å². The molecular weight excluding hydrogens is 434 g/mol. The van der Waals surface area contributed by atoms with E-state index in [0.717, 1.165) is 19.3 Å². The Hall–Kier alpha value is -2.50. The molecule has 1 N–H and O–H groups in total. The van der Waals surface area contributed by atoms with Crippen LogP contribution in [0.2, 0.25) is 0 Å². The highest BCUT2D eigenvalue weighted by Gasteiger charge is 2.49. The fourth-order valence-electron chi connectivity index (χ4n) is 4.74. The Kier molecular flexibility index (Phi) is 6.24. The average molecular weight is 464 g/mol. The summed E-state index contributed by atoms with van der Waals surface area (Å²) in [4.78, 5) is 19.3. The molecule has 2 aliphatic heterocycles. The maximum atomic E-state index is 12.9. The number of aryl methyl sites for hydroxylation is 1. The Morgan fingerprint density at radius 2 is 2.09 bits per heavy atom. The number of methoxy groups -OCH3 is 1. The van der Waals surface area contributed by atoms with Crippen LogP contribution in [0.4, 0.5) is 5.69 Å². The number of rotatable bonds is 6. The first-order chi connectivity index (χ1) is 15.2. The van der Waals surface area contributed by atoms with Crippen molar-refractivity contribution in [1.82, 2.24) is 19.3 Å². The molecule has 1 aromatic carbocycles. The SMILES string of the molecule is COc1cccc(NC(=O)CN2CC3(CCN(S(C)(=O)=O)CC3)CC2c2nc(C)no2)c1. The van der Waals surface area contributed by atoms with Crippen molar-refractivity contribution in [3.63, 3.8) is 0 Å². The Balaban J connectivity index is 1.49. The maximum Gasteiger partial charge on any atom is 0.244 e. The van der Waals surface area contributed by atoms with Gasteiger partial charge in [0, 0.05) is 31.4 Å². The molecule has 174 valence electrons. The maximum absolute atomic E-state index is 12.9. The van der Waals surface area contributed by atoms with Crippen molar-refractivity contribution in [2.75, 3.05) is 44.9 Å². The number of hydrogen-bond acceptors (Lipinski definition) is 8. The van der Waals surface area contributed by atoms with E-state index in [0.29, 0.717) is 42.8 Å². The molecule has 4 rings (SSSR count). The first-order valence-electron chi connectivity index (χ1n) is 10.6. The van der Waals surface area contributed by atoms with E-state index >= 15 is 0 Å². The van der Waals surface area contributed by atoms with Gasteiger partial charge >= 0.3 is 0 Å². The molecule has 2 saturated heterocycles. The predicted molar refractivity (Wildman–Crippen MR) is 118 cm³/mol. The largest absolute Gasteiger partial charge is 0.497 e. The van der Waals surface area contributed by atoms with Crippen LogP contribution in [-0.4, -0.2) is 73.2 Å². The Morgan fingerprint density at radius 1 is 1.34 bits per heavy atom. The van der Waals surface area contributed by atoms with Crippen LogP contribution in [-0.2, 0) is 14.8 Å². The number of benzene rings is 1. The minimum absolute atomic E-state index is 0.0928. The third-order valence-electron chi connectivity index (χ3n) is 6.39. The van der Waals surface area contributed by atoms with Crippen molar-refractivity contribution in [2.45, 2.75) is 32.2 Å². The zero-order chi connectivity index (χ0) is 22.9. The van der Waals surface area contributed by atoms with Crippen molar-refractivity contribution in [3.05, 3.63) is 36.0 Å². The number of sulfonamides is 1. The monoisotopic (exact) mass is 463 g/mol. The molecule has 0 aliphatic carbocycles. The lowest BCUT2D eigenvalue weighted by Gasteiger charge is -2.38. The van der Waals surface area contributed by atoms with Crippen LogP contribution in [0, 0.1) is 12.3 Å². The number of amides is 1. The predicted octanol–water partition coefficient (Wildman–Crippen LogP) is 1.81. The van der Waals surface area contributed by atoms with Crippen LogP contribution >= 0.6 is 0 Å². The summed E-state index contributed by atoms with van der Waals surface area (Å²) in [5.74, 6) is 1.57. The minimum atomic E-state index is -3.20. The van der Waals surface area contributed by atoms with Crippen molar-refractivity contribution in [1.29, 1.82) is 0 Å². The smallest absolute Gasteiger partial charge is 0.244 e. The van der Waals surface area contributed by atoms with Gasteiger partial charge in [-0.2, -0.15) is 4.98 Å². The fraction of sp³-hybridized carbons (Fsp3) is 0.571. The molecule has 1 unspecified atom stereocenters.